The van der Waals surface area contributed by atoms with E-state index in [2.05, 4.69) is 45.6 Å². The Kier molecular flexibility index (Phi) is 5.29. The molecule has 2 fully saturated rings. The lowest BCUT2D eigenvalue weighted by Crippen LogP contribution is -2.48. The molecule has 2 aromatic rings. The lowest BCUT2D eigenvalue weighted by molar-refractivity contribution is 0.0647. The number of anilines is 1. The average Bonchev–Trinajstić information content (AvgIpc) is 3.05. The molecule has 4 heterocycles. The summed E-state index contributed by atoms with van der Waals surface area (Å²) in [6.45, 7) is 12.8. The summed E-state index contributed by atoms with van der Waals surface area (Å²) in [5.41, 5.74) is 1.03. The highest BCUT2D eigenvalue weighted by atomic mass is 32.1. The van der Waals surface area contributed by atoms with Crippen LogP contribution in [0.2, 0.25) is 0 Å². The van der Waals surface area contributed by atoms with E-state index in [1.54, 1.807) is 6.33 Å². The number of nitrogens with zero attached hydrogens (tertiary/aromatic N) is 6. The van der Waals surface area contributed by atoms with Crippen LogP contribution in [0.3, 0.4) is 0 Å². The maximum Gasteiger partial charge on any atom is 0.264 e. The fraction of sp³-hybridized carbons (Fsp3) is 0.632. The number of carbonyl (C=O) groups is 1. The summed E-state index contributed by atoms with van der Waals surface area (Å²) >= 11 is 1.52. The molecule has 4 rings (SSSR count). The number of piperazine rings is 2. The van der Waals surface area contributed by atoms with Gasteiger partial charge in [0, 0.05) is 52.4 Å². The maximum atomic E-state index is 13.2. The number of hydrogen-bond donors (Lipinski definition) is 0. The van der Waals surface area contributed by atoms with Crippen LogP contribution in [0.15, 0.2) is 6.33 Å². The highest BCUT2D eigenvalue weighted by molar-refractivity contribution is 7.20. The van der Waals surface area contributed by atoms with Crippen molar-refractivity contribution < 1.29 is 4.79 Å². The molecule has 0 atom stereocenters. The van der Waals surface area contributed by atoms with E-state index in [1.165, 1.54) is 11.3 Å². The Morgan fingerprint density at radius 3 is 2.44 bits per heavy atom. The van der Waals surface area contributed by atoms with Crippen molar-refractivity contribution >= 4 is 33.3 Å². The predicted octanol–water partition coefficient (Wildman–Crippen LogP) is 1.53. The molecule has 27 heavy (non-hydrogen) atoms. The van der Waals surface area contributed by atoms with E-state index < -0.39 is 0 Å². The first kappa shape index (κ1) is 18.6. The van der Waals surface area contributed by atoms with Gasteiger partial charge >= 0.3 is 0 Å². The first-order chi connectivity index (χ1) is 13.1. The molecule has 7 nitrogen and oxygen atoms in total. The number of likely N-dealkylation sites (N-methyl/N-ethyl adjacent to an activating group) is 2. The predicted molar refractivity (Wildman–Crippen MR) is 110 cm³/mol. The number of amides is 1. The van der Waals surface area contributed by atoms with Crippen LogP contribution < -0.4 is 4.90 Å². The summed E-state index contributed by atoms with van der Waals surface area (Å²) in [6, 6.07) is 0. The van der Waals surface area contributed by atoms with E-state index in [4.69, 9.17) is 0 Å². The SMILES string of the molecule is CCN1CCN(C(=O)c2sc3ncnc(N4CCN(C)CC4)c3c2C)CC1. The quantitative estimate of drug-likeness (QED) is 0.795. The molecule has 0 aromatic carbocycles. The minimum absolute atomic E-state index is 0.149. The van der Waals surface area contributed by atoms with Crippen molar-refractivity contribution in [1.82, 2.24) is 24.7 Å². The number of carbonyl (C=O) groups excluding carboxylic acids is 1. The van der Waals surface area contributed by atoms with Gasteiger partial charge in [0.05, 0.1) is 10.3 Å². The van der Waals surface area contributed by atoms with E-state index in [-0.39, 0.29) is 5.91 Å². The molecule has 0 N–H and O–H groups in total. The molecular weight excluding hydrogens is 360 g/mol. The molecule has 2 saturated heterocycles. The van der Waals surface area contributed by atoms with Gasteiger partial charge < -0.3 is 19.6 Å². The number of rotatable bonds is 3. The third kappa shape index (κ3) is 3.53. The second kappa shape index (κ2) is 7.69. The molecule has 146 valence electrons. The molecule has 1 amide bonds. The van der Waals surface area contributed by atoms with Crippen molar-refractivity contribution in [2.75, 3.05) is 70.9 Å². The zero-order chi connectivity index (χ0) is 19.0. The van der Waals surface area contributed by atoms with Crippen LogP contribution in [0, 0.1) is 6.92 Å². The zero-order valence-corrected chi connectivity index (χ0v) is 17.3. The summed E-state index contributed by atoms with van der Waals surface area (Å²) in [5.74, 6) is 1.13. The Balaban J connectivity index is 1.62. The van der Waals surface area contributed by atoms with Gasteiger partial charge in [0.25, 0.3) is 5.91 Å². The first-order valence-corrected chi connectivity index (χ1v) is 10.6. The summed E-state index contributed by atoms with van der Waals surface area (Å²) in [4.78, 5) is 33.0. The number of aromatic nitrogens is 2. The van der Waals surface area contributed by atoms with Crippen LogP contribution in [0.4, 0.5) is 5.82 Å². The normalized spacial score (nSPS) is 19.8. The van der Waals surface area contributed by atoms with Crippen LogP contribution in [-0.2, 0) is 0 Å². The Morgan fingerprint density at radius 2 is 1.78 bits per heavy atom. The molecule has 2 aliphatic rings. The molecule has 0 radical (unpaired) electrons. The van der Waals surface area contributed by atoms with E-state index in [9.17, 15) is 4.79 Å². The van der Waals surface area contributed by atoms with E-state index >= 15 is 0 Å². The number of thiophene rings is 1. The molecule has 0 bridgehead atoms. The average molecular weight is 389 g/mol. The molecule has 0 saturated carbocycles. The highest BCUT2D eigenvalue weighted by Gasteiger charge is 2.27. The van der Waals surface area contributed by atoms with Crippen LogP contribution in [0.25, 0.3) is 10.2 Å². The monoisotopic (exact) mass is 388 g/mol. The van der Waals surface area contributed by atoms with E-state index in [0.29, 0.717) is 0 Å². The molecule has 2 aliphatic heterocycles. The zero-order valence-electron chi connectivity index (χ0n) is 16.4. The van der Waals surface area contributed by atoms with Gasteiger partial charge in [-0.05, 0) is 26.1 Å². The van der Waals surface area contributed by atoms with Crippen molar-refractivity contribution in [2.24, 2.45) is 0 Å². The molecular formula is C19H28N6OS. The Bertz CT molecular complexity index is 821. The molecule has 0 aliphatic carbocycles. The van der Waals surface area contributed by atoms with Crippen molar-refractivity contribution in [1.29, 1.82) is 0 Å². The number of fused-ring (bicyclic) bond motifs is 1. The van der Waals surface area contributed by atoms with Gasteiger partial charge in [-0.3, -0.25) is 4.79 Å². The second-order valence-corrected chi connectivity index (χ2v) is 8.45. The first-order valence-electron chi connectivity index (χ1n) is 9.77. The van der Waals surface area contributed by atoms with Gasteiger partial charge in [-0.25, -0.2) is 9.97 Å². The molecule has 2 aromatic heterocycles. The Labute approximate surface area is 164 Å². The largest absolute Gasteiger partial charge is 0.353 e. The van der Waals surface area contributed by atoms with Crippen molar-refractivity contribution in [3.05, 3.63) is 16.8 Å². The summed E-state index contributed by atoms with van der Waals surface area (Å²) in [7, 11) is 2.15. The van der Waals surface area contributed by atoms with E-state index in [0.717, 1.165) is 85.4 Å². The summed E-state index contributed by atoms with van der Waals surface area (Å²) < 4.78 is 0. The second-order valence-electron chi connectivity index (χ2n) is 7.45. The fourth-order valence-corrected chi connectivity index (χ4v) is 5.04. The van der Waals surface area contributed by atoms with Crippen LogP contribution in [0.5, 0.6) is 0 Å². The smallest absolute Gasteiger partial charge is 0.264 e. The van der Waals surface area contributed by atoms with Gasteiger partial charge in [-0.15, -0.1) is 11.3 Å². The summed E-state index contributed by atoms with van der Waals surface area (Å²) in [5, 5.41) is 1.06. The van der Waals surface area contributed by atoms with Crippen molar-refractivity contribution in [3.63, 3.8) is 0 Å². The number of hydrogen-bond acceptors (Lipinski definition) is 7. The lowest BCUT2D eigenvalue weighted by atomic mass is 10.1. The maximum absolute atomic E-state index is 13.2. The van der Waals surface area contributed by atoms with Gasteiger partial charge in [0.15, 0.2) is 0 Å². The Morgan fingerprint density at radius 1 is 1.07 bits per heavy atom. The topological polar surface area (TPSA) is 55.8 Å². The van der Waals surface area contributed by atoms with Crippen LogP contribution in [-0.4, -0.2) is 96.5 Å². The van der Waals surface area contributed by atoms with Gasteiger partial charge in [0.1, 0.15) is 17.0 Å². The highest BCUT2D eigenvalue weighted by Crippen LogP contribution is 2.35. The van der Waals surface area contributed by atoms with Gasteiger partial charge in [-0.2, -0.15) is 0 Å². The van der Waals surface area contributed by atoms with Gasteiger partial charge in [0.2, 0.25) is 0 Å². The van der Waals surface area contributed by atoms with Crippen LogP contribution in [0.1, 0.15) is 22.2 Å². The Hall–Kier alpha value is -1.77. The molecule has 0 unspecified atom stereocenters. The number of aryl methyl sites for hydroxylation is 1. The lowest BCUT2D eigenvalue weighted by Gasteiger charge is -2.34. The fourth-order valence-electron chi connectivity index (χ4n) is 3.93. The molecule has 8 heteroatoms. The van der Waals surface area contributed by atoms with E-state index in [1.807, 2.05) is 4.90 Å². The van der Waals surface area contributed by atoms with Crippen molar-refractivity contribution in [3.8, 4) is 0 Å². The van der Waals surface area contributed by atoms with Crippen molar-refractivity contribution in [2.45, 2.75) is 13.8 Å². The van der Waals surface area contributed by atoms with Crippen LogP contribution >= 0.6 is 11.3 Å². The third-order valence-corrected chi connectivity index (χ3v) is 7.00. The standard InChI is InChI=1S/C19H28N6OS/c1-4-23-7-11-25(12-8-23)19(26)16-14(2)15-17(20-13-21-18(15)27-16)24-9-5-22(3)6-10-24/h13H,4-12H2,1-3H3. The molecule has 0 spiro atoms. The van der Waals surface area contributed by atoms with Gasteiger partial charge in [-0.1, -0.05) is 6.92 Å². The third-order valence-electron chi connectivity index (χ3n) is 5.81. The minimum Gasteiger partial charge on any atom is -0.353 e. The minimum atomic E-state index is 0.149. The summed E-state index contributed by atoms with van der Waals surface area (Å²) in [6.07, 6.45) is 1.64.